The Bertz CT molecular complexity index is 1040. The zero-order chi connectivity index (χ0) is 19.7. The van der Waals surface area contributed by atoms with Crippen LogP contribution in [0.4, 0.5) is 13.2 Å². The predicted molar refractivity (Wildman–Crippen MR) is 105 cm³/mol. The minimum absolute atomic E-state index is 0.291. The Hall–Kier alpha value is -2.06. The molecule has 2 heterocycles. The molecule has 146 valence electrons. The number of halogens is 3. The van der Waals surface area contributed by atoms with Gasteiger partial charge in [0.25, 0.3) is 0 Å². The molecule has 1 aromatic carbocycles. The van der Waals surface area contributed by atoms with E-state index in [0.29, 0.717) is 22.9 Å². The fourth-order valence-corrected chi connectivity index (χ4v) is 5.13. The SMILES string of the molecule is O=c1nc(SCc2cccc(C(F)(F)F)c2)c2c(n1Cc1cccs1)CCC2. The highest BCUT2D eigenvalue weighted by atomic mass is 32.2. The number of aromatic nitrogens is 2. The van der Waals surface area contributed by atoms with Gasteiger partial charge in [-0.25, -0.2) is 4.79 Å². The van der Waals surface area contributed by atoms with Crippen molar-refractivity contribution >= 4 is 23.1 Å². The quantitative estimate of drug-likeness (QED) is 0.421. The summed E-state index contributed by atoms with van der Waals surface area (Å²) >= 11 is 2.94. The maximum Gasteiger partial charge on any atom is 0.416 e. The van der Waals surface area contributed by atoms with E-state index in [1.54, 1.807) is 22.0 Å². The summed E-state index contributed by atoms with van der Waals surface area (Å²) in [5, 5.41) is 2.63. The Morgan fingerprint density at radius 2 is 2.04 bits per heavy atom. The lowest BCUT2D eigenvalue weighted by Crippen LogP contribution is -2.27. The van der Waals surface area contributed by atoms with Crippen molar-refractivity contribution in [3.63, 3.8) is 0 Å². The van der Waals surface area contributed by atoms with E-state index in [1.165, 1.54) is 17.8 Å². The van der Waals surface area contributed by atoms with Crippen LogP contribution in [0.15, 0.2) is 51.6 Å². The average molecular weight is 422 g/mol. The van der Waals surface area contributed by atoms with E-state index in [2.05, 4.69) is 4.98 Å². The number of benzene rings is 1. The van der Waals surface area contributed by atoms with Crippen LogP contribution >= 0.6 is 23.1 Å². The van der Waals surface area contributed by atoms with E-state index >= 15 is 0 Å². The van der Waals surface area contributed by atoms with Crippen LogP contribution in [0, 0.1) is 0 Å². The van der Waals surface area contributed by atoms with E-state index in [4.69, 9.17) is 0 Å². The van der Waals surface area contributed by atoms with Gasteiger partial charge in [-0.15, -0.1) is 23.1 Å². The number of nitrogens with zero attached hydrogens (tertiary/aromatic N) is 2. The van der Waals surface area contributed by atoms with Crippen molar-refractivity contribution in [3.8, 4) is 0 Å². The molecule has 0 fully saturated rings. The lowest BCUT2D eigenvalue weighted by molar-refractivity contribution is -0.137. The van der Waals surface area contributed by atoms with Crippen molar-refractivity contribution in [2.45, 2.75) is 42.8 Å². The van der Waals surface area contributed by atoms with Crippen LogP contribution in [0.25, 0.3) is 0 Å². The van der Waals surface area contributed by atoms with Gasteiger partial charge in [0.2, 0.25) is 0 Å². The van der Waals surface area contributed by atoms with Crippen molar-refractivity contribution in [3.05, 3.63) is 79.5 Å². The van der Waals surface area contributed by atoms with Gasteiger partial charge in [-0.3, -0.25) is 4.57 Å². The number of rotatable bonds is 5. The smallest absolute Gasteiger partial charge is 0.291 e. The fraction of sp³-hybridized carbons (Fsp3) is 0.300. The first kappa shape index (κ1) is 19.3. The Morgan fingerprint density at radius 3 is 2.79 bits per heavy atom. The number of hydrogen-bond donors (Lipinski definition) is 0. The number of hydrogen-bond acceptors (Lipinski definition) is 4. The molecule has 8 heteroatoms. The number of thiophene rings is 1. The van der Waals surface area contributed by atoms with Gasteiger partial charge in [-0.05, 0) is 42.3 Å². The summed E-state index contributed by atoms with van der Waals surface area (Å²) in [6.45, 7) is 0.518. The summed E-state index contributed by atoms with van der Waals surface area (Å²) in [7, 11) is 0. The van der Waals surface area contributed by atoms with Crippen molar-refractivity contribution < 1.29 is 13.2 Å². The van der Waals surface area contributed by atoms with Crippen molar-refractivity contribution in [2.75, 3.05) is 0 Å². The first-order valence-corrected chi connectivity index (χ1v) is 10.7. The molecule has 0 aliphatic heterocycles. The molecule has 2 aromatic heterocycles. The first-order chi connectivity index (χ1) is 13.4. The molecule has 1 aliphatic carbocycles. The van der Waals surface area contributed by atoms with Crippen LogP contribution in [-0.4, -0.2) is 9.55 Å². The maximum atomic E-state index is 12.9. The molecule has 0 unspecified atom stereocenters. The molecule has 0 amide bonds. The van der Waals surface area contributed by atoms with Crippen LogP contribution < -0.4 is 5.69 Å². The fourth-order valence-electron chi connectivity index (χ4n) is 3.42. The molecular formula is C20H17F3N2OS2. The van der Waals surface area contributed by atoms with Crippen LogP contribution in [0.3, 0.4) is 0 Å². The molecule has 0 spiro atoms. The minimum Gasteiger partial charge on any atom is -0.291 e. The lowest BCUT2D eigenvalue weighted by atomic mass is 10.1. The molecular weight excluding hydrogens is 405 g/mol. The molecule has 0 saturated carbocycles. The second-order valence-electron chi connectivity index (χ2n) is 6.63. The predicted octanol–water partition coefficient (Wildman–Crippen LogP) is 5.15. The van der Waals surface area contributed by atoms with E-state index < -0.39 is 11.7 Å². The van der Waals surface area contributed by atoms with Crippen LogP contribution in [0.1, 0.15) is 33.7 Å². The van der Waals surface area contributed by atoms with Crippen molar-refractivity contribution in [1.82, 2.24) is 9.55 Å². The van der Waals surface area contributed by atoms with Gasteiger partial charge in [-0.2, -0.15) is 18.2 Å². The zero-order valence-corrected chi connectivity index (χ0v) is 16.5. The summed E-state index contributed by atoms with van der Waals surface area (Å²) in [6, 6.07) is 9.25. The van der Waals surface area contributed by atoms with E-state index in [1.807, 2.05) is 17.5 Å². The van der Waals surface area contributed by atoms with Gasteiger partial charge < -0.3 is 0 Å². The van der Waals surface area contributed by atoms with E-state index in [9.17, 15) is 18.0 Å². The van der Waals surface area contributed by atoms with Crippen LogP contribution in [-0.2, 0) is 31.3 Å². The van der Waals surface area contributed by atoms with Gasteiger partial charge in [0.05, 0.1) is 12.1 Å². The van der Waals surface area contributed by atoms with Gasteiger partial charge >= 0.3 is 11.9 Å². The second kappa shape index (κ2) is 7.75. The number of thioether (sulfide) groups is 1. The Morgan fingerprint density at radius 1 is 1.18 bits per heavy atom. The van der Waals surface area contributed by atoms with Crippen LogP contribution in [0.2, 0.25) is 0 Å². The molecule has 1 aliphatic rings. The summed E-state index contributed by atoms with van der Waals surface area (Å²) in [5.74, 6) is 0.345. The Balaban J connectivity index is 1.59. The molecule has 0 saturated heterocycles. The van der Waals surface area contributed by atoms with Gasteiger partial charge in [0.15, 0.2) is 0 Å². The van der Waals surface area contributed by atoms with Crippen molar-refractivity contribution in [2.24, 2.45) is 0 Å². The first-order valence-electron chi connectivity index (χ1n) is 8.86. The monoisotopic (exact) mass is 422 g/mol. The largest absolute Gasteiger partial charge is 0.416 e. The van der Waals surface area contributed by atoms with Crippen LogP contribution in [0.5, 0.6) is 0 Å². The van der Waals surface area contributed by atoms with E-state index in [0.717, 1.165) is 47.5 Å². The third-order valence-corrected chi connectivity index (χ3v) is 6.67. The molecule has 4 rings (SSSR count). The highest BCUT2D eigenvalue weighted by Gasteiger charge is 2.30. The lowest BCUT2D eigenvalue weighted by Gasteiger charge is -2.14. The molecule has 0 N–H and O–H groups in total. The van der Waals surface area contributed by atoms with Gasteiger partial charge in [-0.1, -0.05) is 24.3 Å². The second-order valence-corrected chi connectivity index (χ2v) is 8.63. The number of fused-ring (bicyclic) bond motifs is 1. The average Bonchev–Trinajstić information content (AvgIpc) is 3.34. The highest BCUT2D eigenvalue weighted by molar-refractivity contribution is 7.98. The Labute approximate surface area is 168 Å². The summed E-state index contributed by atoms with van der Waals surface area (Å²) in [4.78, 5) is 18.0. The zero-order valence-electron chi connectivity index (χ0n) is 14.8. The topological polar surface area (TPSA) is 34.9 Å². The molecule has 0 bridgehead atoms. The van der Waals surface area contributed by atoms with E-state index in [-0.39, 0.29) is 5.69 Å². The standard InChI is InChI=1S/C20H17F3N2OS2/c21-20(22,23)14-5-1-4-13(10-14)12-28-18-16-7-2-8-17(16)25(19(26)24-18)11-15-6-3-9-27-15/h1,3-6,9-10H,2,7-8,11-12H2. The van der Waals surface area contributed by atoms with Gasteiger partial charge in [0.1, 0.15) is 5.03 Å². The van der Waals surface area contributed by atoms with Gasteiger partial charge in [0, 0.05) is 21.9 Å². The normalized spacial score (nSPS) is 13.7. The number of alkyl halides is 3. The molecule has 3 aromatic rings. The molecule has 0 radical (unpaired) electrons. The molecule has 0 atom stereocenters. The third-order valence-electron chi connectivity index (χ3n) is 4.72. The minimum atomic E-state index is -4.36. The summed E-state index contributed by atoms with van der Waals surface area (Å²) in [5.41, 5.74) is 1.69. The highest BCUT2D eigenvalue weighted by Crippen LogP contribution is 2.33. The third kappa shape index (κ3) is 4.03. The maximum absolute atomic E-state index is 12.9. The van der Waals surface area contributed by atoms with Crippen molar-refractivity contribution in [1.29, 1.82) is 0 Å². The summed E-state index contributed by atoms with van der Waals surface area (Å²) in [6.07, 6.45) is -1.72. The summed E-state index contributed by atoms with van der Waals surface area (Å²) < 4.78 is 40.4. The Kier molecular flexibility index (Phi) is 5.33. The molecule has 28 heavy (non-hydrogen) atoms. The molecule has 3 nitrogen and oxygen atoms in total.